The van der Waals surface area contributed by atoms with Crippen LogP contribution in [0.1, 0.15) is 31.1 Å². The lowest BCUT2D eigenvalue weighted by molar-refractivity contribution is -0.00549. The number of hydrogen-bond acceptors (Lipinski definition) is 5. The van der Waals surface area contributed by atoms with Crippen molar-refractivity contribution in [3.05, 3.63) is 33.7 Å². The summed E-state index contributed by atoms with van der Waals surface area (Å²) in [4.78, 5) is 4.38. The summed E-state index contributed by atoms with van der Waals surface area (Å²) in [6.07, 6.45) is 3.87. The minimum atomic E-state index is -0.338. The summed E-state index contributed by atoms with van der Waals surface area (Å²) in [5, 5.41) is 3.96. The summed E-state index contributed by atoms with van der Waals surface area (Å²) in [6, 6.07) is 7.53. The number of nitrogens with two attached hydrogens (primary N) is 1. The van der Waals surface area contributed by atoms with Gasteiger partial charge in [-0.15, -0.1) is 0 Å². The van der Waals surface area contributed by atoms with Gasteiger partial charge in [-0.3, -0.25) is 0 Å². The minimum absolute atomic E-state index is 0.338. The summed E-state index contributed by atoms with van der Waals surface area (Å²) < 4.78 is 12.1. The smallest absolute Gasteiger partial charge is 0.259 e. The first-order valence-corrected chi connectivity index (χ1v) is 7.77. The summed E-state index contributed by atoms with van der Waals surface area (Å²) in [5.74, 6) is 1.00. The highest BCUT2D eigenvalue weighted by Gasteiger charge is 2.21. The molecule has 1 aliphatic rings. The van der Waals surface area contributed by atoms with Crippen molar-refractivity contribution in [1.82, 2.24) is 10.1 Å². The molecule has 0 bridgehead atoms. The number of ether oxygens (including phenoxy) is 1. The van der Waals surface area contributed by atoms with E-state index in [4.69, 9.17) is 15.0 Å². The molecule has 20 heavy (non-hydrogen) atoms. The average Bonchev–Trinajstić information content (AvgIpc) is 2.87. The van der Waals surface area contributed by atoms with Gasteiger partial charge in [0, 0.05) is 3.57 Å². The van der Waals surface area contributed by atoms with Gasteiger partial charge < -0.3 is 15.0 Å². The number of halogens is 1. The van der Waals surface area contributed by atoms with Crippen molar-refractivity contribution in [2.24, 2.45) is 5.73 Å². The van der Waals surface area contributed by atoms with Crippen LogP contribution in [-0.2, 0) is 4.74 Å². The number of aromatic nitrogens is 2. The lowest BCUT2D eigenvalue weighted by Crippen LogP contribution is -2.27. The van der Waals surface area contributed by atoms with E-state index in [0.717, 1.165) is 22.0 Å². The van der Waals surface area contributed by atoms with Gasteiger partial charge in [-0.25, -0.2) is 0 Å². The van der Waals surface area contributed by atoms with E-state index in [0.29, 0.717) is 24.4 Å². The van der Waals surface area contributed by atoms with Gasteiger partial charge >= 0.3 is 0 Å². The van der Waals surface area contributed by atoms with E-state index in [1.807, 2.05) is 24.3 Å². The van der Waals surface area contributed by atoms with E-state index < -0.39 is 0 Å². The lowest BCUT2D eigenvalue weighted by Gasteiger charge is -2.26. The number of nitrogens with zero attached hydrogens (tertiary/aromatic N) is 2. The van der Waals surface area contributed by atoms with Gasteiger partial charge in [0.25, 0.3) is 5.89 Å². The number of rotatable bonds is 5. The maximum Gasteiger partial charge on any atom is 0.259 e. The van der Waals surface area contributed by atoms with Crippen molar-refractivity contribution in [2.75, 3.05) is 6.61 Å². The van der Waals surface area contributed by atoms with E-state index in [2.05, 4.69) is 32.7 Å². The molecule has 1 unspecified atom stereocenters. The third-order valence-electron chi connectivity index (χ3n) is 3.44. The zero-order valence-electron chi connectivity index (χ0n) is 11.0. The van der Waals surface area contributed by atoms with E-state index >= 15 is 0 Å². The van der Waals surface area contributed by atoms with Crippen LogP contribution in [0.15, 0.2) is 28.8 Å². The Balaban J connectivity index is 1.68. The predicted octanol–water partition coefficient (Wildman–Crippen LogP) is 2.91. The molecule has 3 rings (SSSR count). The second-order valence-electron chi connectivity index (χ2n) is 4.93. The highest BCUT2D eigenvalue weighted by atomic mass is 127. The quantitative estimate of drug-likeness (QED) is 0.802. The topological polar surface area (TPSA) is 74.2 Å². The molecule has 1 fully saturated rings. The molecule has 0 radical (unpaired) electrons. The Morgan fingerprint density at radius 3 is 2.90 bits per heavy atom. The van der Waals surface area contributed by atoms with E-state index in [1.54, 1.807) is 0 Å². The highest BCUT2D eigenvalue weighted by Crippen LogP contribution is 2.25. The van der Waals surface area contributed by atoms with Gasteiger partial charge in [0.1, 0.15) is 0 Å². The molecular weight excluding hydrogens is 369 g/mol. The van der Waals surface area contributed by atoms with Crippen molar-refractivity contribution in [3.63, 3.8) is 0 Å². The first kappa shape index (κ1) is 14.0. The Hall–Kier alpha value is -0.990. The number of benzene rings is 1. The normalized spacial score (nSPS) is 16.9. The molecule has 0 amide bonds. The monoisotopic (exact) mass is 385 g/mol. The van der Waals surface area contributed by atoms with E-state index in [1.165, 1.54) is 6.42 Å². The van der Waals surface area contributed by atoms with Crippen LogP contribution in [0.25, 0.3) is 11.5 Å². The molecule has 1 atom stereocenters. The minimum Gasteiger partial charge on any atom is -0.376 e. The summed E-state index contributed by atoms with van der Waals surface area (Å²) in [5.41, 5.74) is 6.97. The van der Waals surface area contributed by atoms with Crippen LogP contribution in [0.2, 0.25) is 0 Å². The van der Waals surface area contributed by atoms with Crippen LogP contribution in [0.3, 0.4) is 0 Å². The largest absolute Gasteiger partial charge is 0.376 e. The van der Waals surface area contributed by atoms with Crippen molar-refractivity contribution in [3.8, 4) is 11.5 Å². The summed E-state index contributed by atoms with van der Waals surface area (Å²) >= 11 is 2.24. The molecular formula is C14H16IN3O2. The molecule has 6 heteroatoms. The van der Waals surface area contributed by atoms with Crippen LogP contribution < -0.4 is 5.73 Å². The van der Waals surface area contributed by atoms with Crippen LogP contribution >= 0.6 is 22.6 Å². The van der Waals surface area contributed by atoms with Gasteiger partial charge in [0.05, 0.1) is 24.3 Å². The van der Waals surface area contributed by atoms with Gasteiger partial charge in [-0.05, 0) is 54.0 Å². The zero-order chi connectivity index (χ0) is 13.9. The van der Waals surface area contributed by atoms with Crippen molar-refractivity contribution < 1.29 is 9.26 Å². The Morgan fingerprint density at radius 1 is 1.40 bits per heavy atom. The maximum atomic E-state index is 6.04. The molecule has 0 saturated heterocycles. The van der Waals surface area contributed by atoms with E-state index in [9.17, 15) is 0 Å². The van der Waals surface area contributed by atoms with Crippen LogP contribution in [-0.4, -0.2) is 22.9 Å². The van der Waals surface area contributed by atoms with Gasteiger partial charge in [-0.1, -0.05) is 17.3 Å². The fourth-order valence-corrected chi connectivity index (χ4v) is 2.60. The van der Waals surface area contributed by atoms with E-state index in [-0.39, 0.29) is 6.04 Å². The SMILES string of the molecule is NC(COC1CCC1)c1noc(-c2ccccc2I)n1. The molecule has 106 valence electrons. The number of hydrogen-bond donors (Lipinski definition) is 1. The first-order chi connectivity index (χ1) is 9.74. The molecule has 0 spiro atoms. The standard InChI is InChI=1S/C14H16IN3O2/c15-11-7-2-1-6-10(11)14-17-13(18-20-14)12(16)8-19-9-4-3-5-9/h1-2,6-7,9,12H,3-5,8,16H2. The molecule has 1 heterocycles. The zero-order valence-corrected chi connectivity index (χ0v) is 13.1. The highest BCUT2D eigenvalue weighted by molar-refractivity contribution is 14.1. The summed E-state index contributed by atoms with van der Waals surface area (Å²) in [7, 11) is 0. The van der Waals surface area contributed by atoms with Crippen LogP contribution in [0.4, 0.5) is 0 Å². The molecule has 1 saturated carbocycles. The third kappa shape index (κ3) is 3.02. The van der Waals surface area contributed by atoms with Crippen molar-refractivity contribution in [1.29, 1.82) is 0 Å². The molecule has 1 aliphatic carbocycles. The van der Waals surface area contributed by atoms with Crippen molar-refractivity contribution >= 4 is 22.6 Å². The molecule has 2 N–H and O–H groups in total. The second kappa shape index (κ2) is 6.19. The Labute approximate surface area is 131 Å². The van der Waals surface area contributed by atoms with Crippen LogP contribution in [0, 0.1) is 3.57 Å². The van der Waals surface area contributed by atoms with Crippen LogP contribution in [0.5, 0.6) is 0 Å². The molecule has 0 aliphatic heterocycles. The fourth-order valence-electron chi connectivity index (χ4n) is 1.98. The average molecular weight is 385 g/mol. The van der Waals surface area contributed by atoms with Crippen molar-refractivity contribution in [2.45, 2.75) is 31.4 Å². The predicted molar refractivity (Wildman–Crippen MR) is 83.0 cm³/mol. The van der Waals surface area contributed by atoms with Gasteiger partial charge in [-0.2, -0.15) is 4.98 Å². The molecule has 2 aromatic rings. The fraction of sp³-hybridized carbons (Fsp3) is 0.429. The lowest BCUT2D eigenvalue weighted by atomic mass is 9.96. The maximum absolute atomic E-state index is 6.04. The second-order valence-corrected chi connectivity index (χ2v) is 6.09. The Kier molecular flexibility index (Phi) is 4.32. The first-order valence-electron chi connectivity index (χ1n) is 6.69. The Bertz CT molecular complexity index is 583. The molecule has 1 aromatic carbocycles. The summed E-state index contributed by atoms with van der Waals surface area (Å²) in [6.45, 7) is 0.440. The Morgan fingerprint density at radius 2 is 2.20 bits per heavy atom. The van der Waals surface area contributed by atoms with Gasteiger partial charge in [0.15, 0.2) is 5.82 Å². The molecule has 5 nitrogen and oxygen atoms in total. The van der Waals surface area contributed by atoms with Gasteiger partial charge in [0.2, 0.25) is 0 Å². The third-order valence-corrected chi connectivity index (χ3v) is 4.38. The molecule has 1 aromatic heterocycles.